The smallest absolute Gasteiger partial charge is 0.407 e. The van der Waals surface area contributed by atoms with E-state index in [0.717, 1.165) is 43.9 Å². The Morgan fingerprint density at radius 2 is 0.683 bits per heavy atom. The summed E-state index contributed by atoms with van der Waals surface area (Å²) in [4.78, 5) is 145. The summed E-state index contributed by atoms with van der Waals surface area (Å²) in [6.45, 7) is 33.9. The van der Waals surface area contributed by atoms with Gasteiger partial charge >= 0.3 is 78.0 Å². The fourth-order valence-electron chi connectivity index (χ4n) is 5.74. The van der Waals surface area contributed by atoms with E-state index >= 15 is 0 Å². The minimum atomic E-state index is -0.874. The van der Waals surface area contributed by atoms with Gasteiger partial charge in [0.1, 0.15) is 72.7 Å². The molecule has 0 aromatic carbocycles. The average molecular weight is 1490 g/mol. The van der Waals surface area contributed by atoms with E-state index in [1.54, 1.807) is 27.7 Å². The summed E-state index contributed by atoms with van der Waals surface area (Å²) in [5.41, 5.74) is -0.874. The molecule has 0 aliphatic rings. The first-order valence-electron chi connectivity index (χ1n) is 34.3. The molecule has 0 saturated carbocycles. The van der Waals surface area contributed by atoms with Crippen molar-refractivity contribution in [2.24, 2.45) is 35.0 Å². The maximum Gasteiger partial charge on any atom is 0.407 e. The van der Waals surface area contributed by atoms with Gasteiger partial charge in [-0.2, -0.15) is 15.8 Å². The first-order valence-corrected chi connectivity index (χ1v) is 34.3. The molecule has 3 N–H and O–H groups in total. The molecule has 6 unspecified atom stereocenters. The third kappa shape index (κ3) is 69.3. The summed E-state index contributed by atoms with van der Waals surface area (Å²) in [5.74, 6) is -4.04. The van der Waals surface area contributed by atoms with Crippen LogP contribution >= 0.6 is 0 Å². The van der Waals surface area contributed by atoms with E-state index in [2.05, 4.69) is 54.6 Å². The quantitative estimate of drug-likeness (QED) is 0.0222. The van der Waals surface area contributed by atoms with Crippen molar-refractivity contribution in [3.05, 3.63) is 38.0 Å². The van der Waals surface area contributed by atoms with Gasteiger partial charge in [-0.3, -0.25) is 33.6 Å². The Labute approximate surface area is 613 Å². The molecule has 0 bridgehead atoms. The van der Waals surface area contributed by atoms with E-state index < -0.39 is 47.6 Å². The monoisotopic (exact) mass is 1480 g/mol. The number of unbranched alkanes of at least 4 members (excludes halogenated alkanes) is 2. The highest BCUT2D eigenvalue weighted by molar-refractivity contribution is 5.82. The topological polar surface area (TPSA) is 459 Å². The standard InChI is InChI=1S/C19H31NO8.C15H25NO7.C13H21NO6.3C8H13NO2/c1-4-15(3)18(23)27-14-13-26-17(22)9-7-6-8-11-28-19(24)20-10-12-25-16(21)5-2;1-4-12(3)14(18)22-10-8-20-9-11-23-15(19)16-6-7-21-13(17)5-2;1-5-10(15)19-8-7-14-12(17)20-9-13(3,6-2)11(16)18-4;3*1-3-7(2)8(10)11-6-4-5-9/h5,15H,2,4,6-14H2,1,3H3,(H,20,24);5,12H,2,4,6-11H2,1,3H3,(H,16,19);5H,1,6-9H2,2-4H3,(H,14,17);3*7H,3-4,6H2,1-2H3. The number of alkyl carbamates (subject to hydrolysis) is 3. The van der Waals surface area contributed by atoms with Crippen LogP contribution in [-0.2, 0) is 114 Å². The molecular formula is C71H116N6O27. The van der Waals surface area contributed by atoms with Crippen LogP contribution < -0.4 is 16.0 Å². The Hall–Kier alpha value is -9.84. The van der Waals surface area contributed by atoms with Crippen LogP contribution in [0, 0.1) is 69.0 Å². The summed E-state index contributed by atoms with van der Waals surface area (Å²) in [6.07, 6.45) is 8.45. The molecule has 104 heavy (non-hydrogen) atoms. The fraction of sp³-hybridized carbons (Fsp3) is 0.690. The van der Waals surface area contributed by atoms with Crippen molar-refractivity contribution in [3.63, 3.8) is 0 Å². The molecule has 592 valence electrons. The molecule has 0 rings (SSSR count). The molecule has 0 aliphatic heterocycles. The molecule has 0 heterocycles. The molecule has 0 saturated heterocycles. The van der Waals surface area contributed by atoms with Crippen LogP contribution in [0.4, 0.5) is 14.4 Å². The number of hydrogen-bond donors (Lipinski definition) is 3. The highest BCUT2D eigenvalue weighted by Gasteiger charge is 2.34. The maximum atomic E-state index is 11.5. The second-order valence-electron chi connectivity index (χ2n) is 21.9. The SMILES string of the molecule is C=CC(=O)OCCNC(=O)OCC(C)(CC)C(=O)OC.C=CC(=O)OCCNC(=O)OCCCCCC(=O)OCCOC(=O)C(C)CC.C=CC(=O)OCCNC(=O)OCCOCCOC(=O)C(C)CC.CCC(C)C(=O)OCCC#N.CCC(C)C(=O)OCCC#N.CCC(C)C(=O)OCCC#N. The third-order valence-electron chi connectivity index (χ3n) is 13.6. The molecule has 33 nitrogen and oxygen atoms in total. The lowest BCUT2D eigenvalue weighted by Gasteiger charge is -2.24. The largest absolute Gasteiger partial charge is 0.469 e. The van der Waals surface area contributed by atoms with Crippen molar-refractivity contribution in [2.75, 3.05) is 119 Å². The lowest BCUT2D eigenvalue weighted by Crippen LogP contribution is -2.37. The second-order valence-corrected chi connectivity index (χ2v) is 21.9. The number of nitrogens with zero attached hydrogens (tertiary/aromatic N) is 3. The summed E-state index contributed by atoms with van der Waals surface area (Å²) in [6, 6.07) is 5.71. The summed E-state index contributed by atoms with van der Waals surface area (Å²) < 4.78 is 67.8. The van der Waals surface area contributed by atoms with Crippen molar-refractivity contribution in [3.8, 4) is 18.2 Å². The van der Waals surface area contributed by atoms with Gasteiger partial charge < -0.3 is 82.3 Å². The predicted molar refractivity (Wildman–Crippen MR) is 375 cm³/mol. The number of carbonyl (C=O) groups is 13. The Balaban J connectivity index is -0.000000288. The summed E-state index contributed by atoms with van der Waals surface area (Å²) in [7, 11) is 1.28. The van der Waals surface area contributed by atoms with Crippen LogP contribution in [0.2, 0.25) is 0 Å². The Morgan fingerprint density at radius 3 is 0.990 bits per heavy atom. The van der Waals surface area contributed by atoms with E-state index in [-0.39, 0.29) is 203 Å². The van der Waals surface area contributed by atoms with Crippen LogP contribution in [0.3, 0.4) is 0 Å². The van der Waals surface area contributed by atoms with E-state index in [1.165, 1.54) is 7.11 Å². The second kappa shape index (κ2) is 74.4. The number of methoxy groups -OCH3 is 1. The fourth-order valence-corrected chi connectivity index (χ4v) is 5.74. The van der Waals surface area contributed by atoms with E-state index in [9.17, 15) is 62.3 Å². The molecule has 0 aromatic rings. The Bertz CT molecular complexity index is 2510. The molecule has 0 aliphatic carbocycles. The Morgan fingerprint density at radius 1 is 0.385 bits per heavy atom. The van der Waals surface area contributed by atoms with Crippen LogP contribution in [0.25, 0.3) is 0 Å². The minimum Gasteiger partial charge on any atom is -0.469 e. The number of nitriles is 3. The lowest BCUT2D eigenvalue weighted by atomic mass is 9.89. The van der Waals surface area contributed by atoms with Crippen molar-refractivity contribution in [1.82, 2.24) is 16.0 Å². The van der Waals surface area contributed by atoms with Gasteiger partial charge in [-0.05, 0) is 64.7 Å². The Kier molecular flexibility index (Phi) is 75.2. The zero-order valence-corrected chi connectivity index (χ0v) is 63.3. The molecule has 6 atom stereocenters. The van der Waals surface area contributed by atoms with Crippen molar-refractivity contribution in [1.29, 1.82) is 15.8 Å². The van der Waals surface area contributed by atoms with Gasteiger partial charge in [-0.25, -0.2) is 28.8 Å². The minimum absolute atomic E-state index is 0.0159. The van der Waals surface area contributed by atoms with Crippen molar-refractivity contribution >= 4 is 78.0 Å². The average Bonchev–Trinajstić information content (AvgIpc) is 0.869. The number of carbonyl (C=O) groups excluding carboxylic acids is 13. The number of nitrogens with one attached hydrogen (secondary N) is 3. The maximum absolute atomic E-state index is 11.5. The molecule has 0 radical (unpaired) electrons. The summed E-state index contributed by atoms with van der Waals surface area (Å²) >= 11 is 0. The predicted octanol–water partition coefficient (Wildman–Crippen LogP) is 8.68. The van der Waals surface area contributed by atoms with E-state index in [0.29, 0.717) is 32.1 Å². The normalized spacial score (nSPS) is 11.6. The molecule has 0 fully saturated rings. The van der Waals surface area contributed by atoms with Crippen LogP contribution in [0.15, 0.2) is 38.0 Å². The van der Waals surface area contributed by atoms with Gasteiger partial charge in [0.2, 0.25) is 0 Å². The highest BCUT2D eigenvalue weighted by atomic mass is 16.6. The zero-order chi connectivity index (χ0) is 80.4. The van der Waals surface area contributed by atoms with Crippen molar-refractivity contribution < 1.29 is 129 Å². The third-order valence-corrected chi connectivity index (χ3v) is 13.6. The van der Waals surface area contributed by atoms with E-state index in [1.807, 2.05) is 73.6 Å². The van der Waals surface area contributed by atoms with Crippen LogP contribution in [0.5, 0.6) is 0 Å². The molecular weight excluding hydrogens is 1370 g/mol. The van der Waals surface area contributed by atoms with Gasteiger partial charge in [0.25, 0.3) is 0 Å². The molecule has 3 amide bonds. The van der Waals surface area contributed by atoms with Gasteiger partial charge in [0.05, 0.1) is 119 Å². The van der Waals surface area contributed by atoms with E-state index in [4.69, 9.17) is 63.2 Å². The highest BCUT2D eigenvalue weighted by Crippen LogP contribution is 2.23. The van der Waals surface area contributed by atoms with Crippen LogP contribution in [-0.4, -0.2) is 197 Å². The number of amides is 3. The molecule has 0 aromatic heterocycles. The first kappa shape index (κ1) is 105. The number of ether oxygens (including phenoxy) is 14. The summed E-state index contributed by atoms with van der Waals surface area (Å²) in [5, 5.41) is 31.6. The van der Waals surface area contributed by atoms with Gasteiger partial charge in [-0.15, -0.1) is 0 Å². The first-order chi connectivity index (χ1) is 49.5. The van der Waals surface area contributed by atoms with Gasteiger partial charge in [0, 0.05) is 24.6 Å². The number of rotatable bonds is 47. The lowest BCUT2D eigenvalue weighted by molar-refractivity contribution is -0.154. The number of hydrogen-bond acceptors (Lipinski definition) is 30. The van der Waals surface area contributed by atoms with Gasteiger partial charge in [-0.1, -0.05) is 95.9 Å². The van der Waals surface area contributed by atoms with Gasteiger partial charge in [0.15, 0.2) is 0 Å². The van der Waals surface area contributed by atoms with Crippen molar-refractivity contribution in [2.45, 2.75) is 167 Å². The van der Waals surface area contributed by atoms with Crippen LogP contribution in [0.1, 0.15) is 167 Å². The number of esters is 10. The molecule has 33 heteroatoms. The molecule has 0 spiro atoms. The zero-order valence-electron chi connectivity index (χ0n) is 63.3.